The summed E-state index contributed by atoms with van der Waals surface area (Å²) in [6.45, 7) is 4.05. The number of para-hydroxylation sites is 2. The van der Waals surface area contributed by atoms with E-state index in [9.17, 15) is 13.2 Å². The number of anilines is 2. The van der Waals surface area contributed by atoms with Gasteiger partial charge < -0.3 is 10.1 Å². The van der Waals surface area contributed by atoms with Gasteiger partial charge in [0.2, 0.25) is 15.9 Å². The Labute approximate surface area is 165 Å². The molecule has 0 radical (unpaired) electrons. The summed E-state index contributed by atoms with van der Waals surface area (Å²) in [7, 11) is -3.70. The highest BCUT2D eigenvalue weighted by atomic mass is 35.5. The number of sulfonamides is 1. The molecule has 0 aliphatic carbocycles. The summed E-state index contributed by atoms with van der Waals surface area (Å²) < 4.78 is 31.5. The van der Waals surface area contributed by atoms with Crippen LogP contribution in [0.5, 0.6) is 5.75 Å². The molecule has 0 aliphatic rings. The number of carbonyl (C=O) groups is 1. The molecule has 8 heteroatoms. The molecule has 0 heterocycles. The lowest BCUT2D eigenvalue weighted by atomic mass is 10.1. The standard InChI is InChI=1S/C19H23ClN2O4S/c1-4-17(19(23)21-16-8-6-7-9-18(16)26-5-2)22(27(3,24)25)15-12-10-14(20)11-13-15/h6-13,17H,4-5H2,1-3H3,(H,21,23)/t17-/m1/s1. The van der Waals surface area contributed by atoms with Crippen molar-refractivity contribution in [2.75, 3.05) is 22.5 Å². The monoisotopic (exact) mass is 410 g/mol. The Hall–Kier alpha value is -2.25. The van der Waals surface area contributed by atoms with Gasteiger partial charge in [0, 0.05) is 5.02 Å². The highest BCUT2D eigenvalue weighted by Crippen LogP contribution is 2.27. The van der Waals surface area contributed by atoms with Crippen molar-refractivity contribution in [1.29, 1.82) is 0 Å². The molecule has 6 nitrogen and oxygen atoms in total. The first kappa shape index (κ1) is 21.1. The van der Waals surface area contributed by atoms with E-state index >= 15 is 0 Å². The first-order valence-electron chi connectivity index (χ1n) is 8.55. The maximum atomic E-state index is 12.9. The highest BCUT2D eigenvalue weighted by molar-refractivity contribution is 7.92. The van der Waals surface area contributed by atoms with E-state index in [4.69, 9.17) is 16.3 Å². The molecule has 1 N–H and O–H groups in total. The predicted octanol–water partition coefficient (Wildman–Crippen LogP) is 3.92. The maximum absolute atomic E-state index is 12.9. The van der Waals surface area contributed by atoms with E-state index in [-0.39, 0.29) is 0 Å². The molecule has 0 aliphatic heterocycles. The zero-order chi connectivity index (χ0) is 20.0. The van der Waals surface area contributed by atoms with Crippen LogP contribution in [-0.4, -0.2) is 33.2 Å². The van der Waals surface area contributed by atoms with Crippen LogP contribution in [0.3, 0.4) is 0 Å². The van der Waals surface area contributed by atoms with Crippen LogP contribution in [0.15, 0.2) is 48.5 Å². The summed E-state index contributed by atoms with van der Waals surface area (Å²) in [5, 5.41) is 3.27. The zero-order valence-corrected chi connectivity index (χ0v) is 17.0. The van der Waals surface area contributed by atoms with Gasteiger partial charge in [-0.2, -0.15) is 0 Å². The topological polar surface area (TPSA) is 75.7 Å². The Morgan fingerprint density at radius 2 is 1.78 bits per heavy atom. The molecule has 2 rings (SSSR count). The van der Waals surface area contributed by atoms with Gasteiger partial charge in [-0.05, 0) is 49.7 Å². The second-order valence-electron chi connectivity index (χ2n) is 5.88. The molecule has 146 valence electrons. The molecule has 0 fully saturated rings. The number of rotatable bonds is 8. The minimum Gasteiger partial charge on any atom is -0.492 e. The summed E-state index contributed by atoms with van der Waals surface area (Å²) in [5.74, 6) is 0.0885. The van der Waals surface area contributed by atoms with Gasteiger partial charge >= 0.3 is 0 Å². The van der Waals surface area contributed by atoms with Gasteiger partial charge in [-0.25, -0.2) is 8.42 Å². The number of halogens is 1. The van der Waals surface area contributed by atoms with Gasteiger partial charge in [0.1, 0.15) is 11.8 Å². The average molecular weight is 411 g/mol. The number of nitrogens with one attached hydrogen (secondary N) is 1. The SMILES string of the molecule is CCOc1ccccc1NC(=O)[C@@H](CC)N(c1ccc(Cl)cc1)S(C)(=O)=O. The van der Waals surface area contributed by atoms with Crippen LogP contribution < -0.4 is 14.4 Å². The Morgan fingerprint density at radius 1 is 1.15 bits per heavy atom. The van der Waals surface area contributed by atoms with E-state index in [1.54, 1.807) is 55.5 Å². The second-order valence-corrected chi connectivity index (χ2v) is 8.17. The molecular weight excluding hydrogens is 388 g/mol. The van der Waals surface area contributed by atoms with Crippen molar-refractivity contribution >= 4 is 38.9 Å². The first-order valence-corrected chi connectivity index (χ1v) is 10.8. The van der Waals surface area contributed by atoms with Gasteiger partial charge in [-0.15, -0.1) is 0 Å². The van der Waals surface area contributed by atoms with E-state index in [1.807, 2.05) is 6.92 Å². The lowest BCUT2D eigenvalue weighted by molar-refractivity contribution is -0.117. The van der Waals surface area contributed by atoms with E-state index in [0.29, 0.717) is 35.2 Å². The van der Waals surface area contributed by atoms with Gasteiger partial charge in [0.15, 0.2) is 0 Å². The van der Waals surface area contributed by atoms with Crippen molar-refractivity contribution in [2.24, 2.45) is 0 Å². The van der Waals surface area contributed by atoms with E-state index in [0.717, 1.165) is 10.6 Å². The fraction of sp³-hybridized carbons (Fsp3) is 0.316. The molecule has 0 aromatic heterocycles. The quantitative estimate of drug-likeness (QED) is 0.715. The van der Waals surface area contributed by atoms with Crippen molar-refractivity contribution < 1.29 is 17.9 Å². The van der Waals surface area contributed by atoms with Crippen LogP contribution in [0.1, 0.15) is 20.3 Å². The third-order valence-corrected chi connectivity index (χ3v) is 5.29. The van der Waals surface area contributed by atoms with Crippen LogP contribution in [0, 0.1) is 0 Å². The Bertz CT molecular complexity index is 885. The van der Waals surface area contributed by atoms with Crippen molar-refractivity contribution in [3.05, 3.63) is 53.6 Å². The van der Waals surface area contributed by atoms with Crippen LogP contribution in [0.25, 0.3) is 0 Å². The molecule has 2 aromatic carbocycles. The van der Waals surface area contributed by atoms with E-state index in [1.165, 1.54) is 0 Å². The molecule has 0 saturated heterocycles. The summed E-state index contributed by atoms with van der Waals surface area (Å²) in [4.78, 5) is 12.9. The largest absolute Gasteiger partial charge is 0.492 e. The van der Waals surface area contributed by atoms with Crippen molar-refractivity contribution in [2.45, 2.75) is 26.3 Å². The van der Waals surface area contributed by atoms with Crippen molar-refractivity contribution in [3.8, 4) is 5.75 Å². The predicted molar refractivity (Wildman–Crippen MR) is 109 cm³/mol. The smallest absolute Gasteiger partial charge is 0.248 e. The lowest BCUT2D eigenvalue weighted by Crippen LogP contribution is -2.47. The Kier molecular flexibility index (Phi) is 7.10. The molecule has 1 amide bonds. The minimum atomic E-state index is -3.70. The molecular formula is C19H23ClN2O4S. The molecule has 0 saturated carbocycles. The summed E-state index contributed by atoms with van der Waals surface area (Å²) in [6.07, 6.45) is 1.37. The van der Waals surface area contributed by atoms with Crippen molar-refractivity contribution in [1.82, 2.24) is 0 Å². The molecule has 1 atom stereocenters. The second kappa shape index (κ2) is 9.10. The normalized spacial score (nSPS) is 12.3. The zero-order valence-electron chi connectivity index (χ0n) is 15.5. The van der Waals surface area contributed by atoms with Gasteiger partial charge in [0.25, 0.3) is 0 Å². The van der Waals surface area contributed by atoms with Crippen LogP contribution in [0.2, 0.25) is 5.02 Å². The summed E-state index contributed by atoms with van der Waals surface area (Å²) >= 11 is 5.90. The third-order valence-electron chi connectivity index (χ3n) is 3.86. The minimum absolute atomic E-state index is 0.290. The fourth-order valence-corrected chi connectivity index (χ4v) is 4.05. The number of carbonyl (C=O) groups excluding carboxylic acids is 1. The van der Waals surface area contributed by atoms with Crippen LogP contribution in [0.4, 0.5) is 11.4 Å². The number of ether oxygens (including phenoxy) is 1. The van der Waals surface area contributed by atoms with Gasteiger partial charge in [-0.3, -0.25) is 9.10 Å². The number of nitrogens with zero attached hydrogens (tertiary/aromatic N) is 1. The Balaban J connectivity index is 2.37. The first-order chi connectivity index (χ1) is 12.8. The number of amides is 1. The van der Waals surface area contributed by atoms with E-state index in [2.05, 4.69) is 5.32 Å². The number of hydrogen-bond acceptors (Lipinski definition) is 4. The molecule has 27 heavy (non-hydrogen) atoms. The molecule has 0 bridgehead atoms. The van der Waals surface area contributed by atoms with E-state index < -0.39 is 22.0 Å². The average Bonchev–Trinajstić information content (AvgIpc) is 2.61. The maximum Gasteiger partial charge on any atom is 0.248 e. The number of benzene rings is 2. The molecule has 0 spiro atoms. The van der Waals surface area contributed by atoms with Crippen molar-refractivity contribution in [3.63, 3.8) is 0 Å². The lowest BCUT2D eigenvalue weighted by Gasteiger charge is -2.30. The molecule has 2 aromatic rings. The Morgan fingerprint density at radius 3 is 2.33 bits per heavy atom. The summed E-state index contributed by atoms with van der Waals surface area (Å²) in [6, 6.07) is 12.4. The highest BCUT2D eigenvalue weighted by Gasteiger charge is 2.31. The number of hydrogen-bond donors (Lipinski definition) is 1. The third kappa shape index (κ3) is 5.37. The van der Waals surface area contributed by atoms with Gasteiger partial charge in [-0.1, -0.05) is 30.7 Å². The molecule has 0 unspecified atom stereocenters. The van der Waals surface area contributed by atoms with Crippen LogP contribution in [-0.2, 0) is 14.8 Å². The van der Waals surface area contributed by atoms with Crippen LogP contribution >= 0.6 is 11.6 Å². The fourth-order valence-electron chi connectivity index (χ4n) is 2.72. The summed E-state index contributed by atoms with van der Waals surface area (Å²) in [5.41, 5.74) is 0.870. The van der Waals surface area contributed by atoms with Gasteiger partial charge in [0.05, 0.1) is 24.2 Å².